The molecule has 0 saturated heterocycles. The van der Waals surface area contributed by atoms with Crippen molar-refractivity contribution in [2.24, 2.45) is 0 Å². The van der Waals surface area contributed by atoms with Gasteiger partial charge in [-0.1, -0.05) is 24.3 Å². The predicted octanol–water partition coefficient (Wildman–Crippen LogP) is 1.16. The van der Waals surface area contributed by atoms with E-state index in [4.69, 9.17) is 0 Å². The summed E-state index contributed by atoms with van der Waals surface area (Å²) in [6.07, 6.45) is 3.70. The predicted molar refractivity (Wildman–Crippen MR) is 53.2 cm³/mol. The van der Waals surface area contributed by atoms with E-state index in [-0.39, 0.29) is 6.54 Å². The van der Waals surface area contributed by atoms with Gasteiger partial charge in [0.25, 0.3) is 0 Å². The van der Waals surface area contributed by atoms with Crippen LogP contribution in [0.25, 0.3) is 6.08 Å². The second kappa shape index (κ2) is 3.64. The molecule has 1 heterocycles. The smallest absolute Gasteiger partial charge is 0.153 e. The number of aliphatic hydroxyl groups is 1. The number of hydrogen-bond acceptors (Lipinski definition) is 3. The van der Waals surface area contributed by atoms with Crippen LogP contribution in [0.4, 0.5) is 0 Å². The third kappa shape index (κ3) is 1.42. The Morgan fingerprint density at radius 1 is 1.43 bits per heavy atom. The number of fused-ring (bicyclic) bond motifs is 1. The SMILES string of the molecule is O=CCN1C=Cc2ccccc2C1O. The normalized spacial score (nSPS) is 19.2. The maximum Gasteiger partial charge on any atom is 0.153 e. The van der Waals surface area contributed by atoms with Crippen LogP contribution < -0.4 is 0 Å². The van der Waals surface area contributed by atoms with Crippen molar-refractivity contribution in [3.8, 4) is 0 Å². The fraction of sp³-hybridized carbons (Fsp3) is 0.182. The Balaban J connectivity index is 2.34. The molecule has 0 amide bonds. The lowest BCUT2D eigenvalue weighted by molar-refractivity contribution is -0.110. The van der Waals surface area contributed by atoms with Crippen molar-refractivity contribution in [3.63, 3.8) is 0 Å². The number of hydrogen-bond donors (Lipinski definition) is 1. The van der Waals surface area contributed by atoms with Crippen LogP contribution in [-0.2, 0) is 4.79 Å². The Hall–Kier alpha value is -1.61. The molecule has 1 aromatic carbocycles. The average Bonchev–Trinajstić information content (AvgIpc) is 2.23. The zero-order valence-corrected chi connectivity index (χ0v) is 7.63. The first-order valence-electron chi connectivity index (χ1n) is 4.47. The molecule has 2 rings (SSSR count). The van der Waals surface area contributed by atoms with Gasteiger partial charge < -0.3 is 14.8 Å². The number of carbonyl (C=O) groups excluding carboxylic acids is 1. The largest absolute Gasteiger partial charge is 0.369 e. The number of rotatable bonds is 2. The molecule has 0 bridgehead atoms. The zero-order chi connectivity index (χ0) is 9.97. The van der Waals surface area contributed by atoms with Gasteiger partial charge in [0.05, 0.1) is 6.54 Å². The summed E-state index contributed by atoms with van der Waals surface area (Å²) >= 11 is 0. The topological polar surface area (TPSA) is 40.5 Å². The average molecular weight is 189 g/mol. The highest BCUT2D eigenvalue weighted by atomic mass is 16.3. The van der Waals surface area contributed by atoms with Crippen molar-refractivity contribution in [2.75, 3.05) is 6.54 Å². The first-order valence-corrected chi connectivity index (χ1v) is 4.47. The summed E-state index contributed by atoms with van der Waals surface area (Å²) in [7, 11) is 0. The molecule has 72 valence electrons. The lowest BCUT2D eigenvalue weighted by atomic mass is 10.0. The summed E-state index contributed by atoms with van der Waals surface area (Å²) in [5.74, 6) is 0. The molecule has 1 aliphatic heterocycles. The van der Waals surface area contributed by atoms with E-state index < -0.39 is 6.23 Å². The molecule has 1 aliphatic rings. The number of carbonyl (C=O) groups is 1. The van der Waals surface area contributed by atoms with Gasteiger partial charge in [-0.15, -0.1) is 0 Å². The van der Waals surface area contributed by atoms with Crippen LogP contribution in [0.5, 0.6) is 0 Å². The molecular weight excluding hydrogens is 178 g/mol. The lowest BCUT2D eigenvalue weighted by Gasteiger charge is -2.29. The van der Waals surface area contributed by atoms with Gasteiger partial charge in [0, 0.05) is 11.8 Å². The molecule has 0 saturated carbocycles. The second-order valence-electron chi connectivity index (χ2n) is 3.18. The van der Waals surface area contributed by atoms with Gasteiger partial charge in [-0.05, 0) is 11.6 Å². The minimum absolute atomic E-state index is 0.214. The molecule has 3 nitrogen and oxygen atoms in total. The van der Waals surface area contributed by atoms with Crippen LogP contribution in [0.15, 0.2) is 30.5 Å². The van der Waals surface area contributed by atoms with Crippen LogP contribution in [0.3, 0.4) is 0 Å². The Morgan fingerprint density at radius 3 is 3.00 bits per heavy atom. The minimum atomic E-state index is -0.707. The van der Waals surface area contributed by atoms with Gasteiger partial charge in [-0.3, -0.25) is 0 Å². The summed E-state index contributed by atoms with van der Waals surface area (Å²) in [6, 6.07) is 7.60. The van der Waals surface area contributed by atoms with Crippen molar-refractivity contribution in [3.05, 3.63) is 41.6 Å². The third-order valence-corrected chi connectivity index (χ3v) is 2.32. The fourth-order valence-corrected chi connectivity index (χ4v) is 1.58. The summed E-state index contributed by atoms with van der Waals surface area (Å²) in [4.78, 5) is 11.9. The van der Waals surface area contributed by atoms with Crippen LogP contribution in [0, 0.1) is 0 Å². The van der Waals surface area contributed by atoms with Crippen LogP contribution in [0.2, 0.25) is 0 Å². The van der Waals surface area contributed by atoms with Gasteiger partial charge in [0.15, 0.2) is 6.23 Å². The number of benzene rings is 1. The van der Waals surface area contributed by atoms with Crippen LogP contribution >= 0.6 is 0 Å². The lowest BCUT2D eigenvalue weighted by Crippen LogP contribution is -2.27. The molecule has 0 aliphatic carbocycles. The molecule has 1 N–H and O–H groups in total. The molecule has 0 radical (unpaired) electrons. The molecule has 0 spiro atoms. The van der Waals surface area contributed by atoms with Crippen molar-refractivity contribution in [1.29, 1.82) is 0 Å². The summed E-state index contributed by atoms with van der Waals surface area (Å²) in [6.45, 7) is 0.214. The molecule has 1 unspecified atom stereocenters. The second-order valence-corrected chi connectivity index (χ2v) is 3.18. The first-order chi connectivity index (χ1) is 6.83. The maximum atomic E-state index is 10.3. The Bertz CT molecular complexity index is 373. The van der Waals surface area contributed by atoms with E-state index in [1.807, 2.05) is 30.3 Å². The zero-order valence-electron chi connectivity index (χ0n) is 7.63. The Morgan fingerprint density at radius 2 is 2.21 bits per heavy atom. The van der Waals surface area contributed by atoms with Crippen molar-refractivity contribution in [2.45, 2.75) is 6.23 Å². The van der Waals surface area contributed by atoms with Crippen LogP contribution in [-0.4, -0.2) is 22.8 Å². The molecule has 14 heavy (non-hydrogen) atoms. The maximum absolute atomic E-state index is 10.3. The van der Waals surface area contributed by atoms with Gasteiger partial charge in [0.1, 0.15) is 6.29 Å². The van der Waals surface area contributed by atoms with Crippen molar-refractivity contribution < 1.29 is 9.90 Å². The highest BCUT2D eigenvalue weighted by Crippen LogP contribution is 2.27. The van der Waals surface area contributed by atoms with Gasteiger partial charge in [-0.2, -0.15) is 0 Å². The number of nitrogens with zero attached hydrogens (tertiary/aromatic N) is 1. The number of aldehydes is 1. The van der Waals surface area contributed by atoms with Crippen molar-refractivity contribution in [1.82, 2.24) is 4.90 Å². The van der Waals surface area contributed by atoms with E-state index in [2.05, 4.69) is 0 Å². The summed E-state index contributed by atoms with van der Waals surface area (Å²) in [5.41, 5.74) is 1.85. The Labute approximate surface area is 82.3 Å². The molecule has 3 heteroatoms. The van der Waals surface area contributed by atoms with E-state index in [1.165, 1.54) is 0 Å². The van der Waals surface area contributed by atoms with E-state index >= 15 is 0 Å². The molecule has 1 aromatic rings. The van der Waals surface area contributed by atoms with E-state index in [0.29, 0.717) is 0 Å². The van der Waals surface area contributed by atoms with Gasteiger partial charge in [-0.25, -0.2) is 0 Å². The van der Waals surface area contributed by atoms with Gasteiger partial charge in [0.2, 0.25) is 0 Å². The summed E-state index contributed by atoms with van der Waals surface area (Å²) < 4.78 is 0. The molecule has 0 fully saturated rings. The van der Waals surface area contributed by atoms with E-state index in [9.17, 15) is 9.90 Å². The minimum Gasteiger partial charge on any atom is -0.369 e. The molecule has 1 atom stereocenters. The highest BCUT2D eigenvalue weighted by molar-refractivity contribution is 5.59. The highest BCUT2D eigenvalue weighted by Gasteiger charge is 2.19. The molecular formula is C11H11NO2. The molecule has 0 aromatic heterocycles. The quantitative estimate of drug-likeness (QED) is 0.710. The van der Waals surface area contributed by atoms with Gasteiger partial charge >= 0.3 is 0 Å². The fourth-order valence-electron chi connectivity index (χ4n) is 1.58. The first kappa shape index (κ1) is 8.97. The van der Waals surface area contributed by atoms with E-state index in [0.717, 1.165) is 17.4 Å². The third-order valence-electron chi connectivity index (χ3n) is 2.32. The summed E-state index contributed by atoms with van der Waals surface area (Å²) in [5, 5.41) is 9.87. The monoisotopic (exact) mass is 189 g/mol. The van der Waals surface area contributed by atoms with E-state index in [1.54, 1.807) is 11.1 Å². The van der Waals surface area contributed by atoms with Crippen LogP contribution in [0.1, 0.15) is 17.4 Å². The van der Waals surface area contributed by atoms with Crippen molar-refractivity contribution >= 4 is 12.4 Å². The number of aliphatic hydroxyl groups excluding tert-OH is 1. The Kier molecular flexibility index (Phi) is 2.33. The standard InChI is InChI=1S/C11H11NO2/c13-8-7-12-6-5-9-3-1-2-4-10(9)11(12)14/h1-6,8,11,14H,7H2.